The van der Waals surface area contributed by atoms with Crippen LogP contribution in [0.4, 0.5) is 18.2 Å². The van der Waals surface area contributed by atoms with Crippen molar-refractivity contribution in [2.45, 2.75) is 70.0 Å². The summed E-state index contributed by atoms with van der Waals surface area (Å²) in [5.41, 5.74) is 1.36. The molecule has 4 rings (SSSR count). The highest BCUT2D eigenvalue weighted by Gasteiger charge is 2.41. The Hall–Kier alpha value is -1.66. The number of hydrogen-bond donors (Lipinski definition) is 2. The minimum atomic E-state index is -4.49. The number of halogens is 4. The fourth-order valence-corrected chi connectivity index (χ4v) is 6.66. The molecule has 1 fully saturated rings. The topological polar surface area (TPSA) is 68.2 Å². The lowest BCUT2D eigenvalue weighted by atomic mass is 10.1. The molecule has 0 radical (unpaired) electrons. The molecule has 1 saturated carbocycles. The summed E-state index contributed by atoms with van der Waals surface area (Å²) in [6.45, 7) is 0.796. The van der Waals surface area contributed by atoms with E-state index in [1.165, 1.54) is 28.0 Å². The smallest absolute Gasteiger partial charge is 0.436 e. The molecule has 2 N–H and O–H groups in total. The molecule has 0 saturated heterocycles. The average molecular weight is 580 g/mol. The van der Waals surface area contributed by atoms with Crippen LogP contribution in [-0.4, -0.2) is 34.5 Å². The Kier molecular flexibility index (Phi) is 7.88. The molecule has 0 unspecified atom stereocenters. The van der Waals surface area contributed by atoms with Crippen LogP contribution in [0.3, 0.4) is 0 Å². The van der Waals surface area contributed by atoms with Crippen LogP contribution in [0.5, 0.6) is 0 Å². The Morgan fingerprint density at radius 1 is 1.29 bits per heavy atom. The van der Waals surface area contributed by atoms with Gasteiger partial charge in [0.05, 0.1) is 22.8 Å². The van der Waals surface area contributed by atoms with E-state index >= 15 is 0 Å². The highest BCUT2D eigenvalue weighted by Crippen LogP contribution is 2.47. The molecule has 0 aromatic carbocycles. The third-order valence-electron chi connectivity index (χ3n) is 6.03. The highest BCUT2D eigenvalue weighted by atomic mass is 79.9. The maximum atomic E-state index is 13.3. The number of rotatable bonds is 7. The average Bonchev–Trinajstić information content (AvgIpc) is 3.52. The summed E-state index contributed by atoms with van der Waals surface area (Å²) >= 11 is 10.1. The molecule has 34 heavy (non-hydrogen) atoms. The van der Waals surface area contributed by atoms with Crippen LogP contribution < -0.4 is 10.6 Å². The fraction of sp³-hybridized carbons (Fsp3) is 0.591. The molecule has 12 heteroatoms. The van der Waals surface area contributed by atoms with Gasteiger partial charge >= 0.3 is 12.1 Å². The van der Waals surface area contributed by atoms with Gasteiger partial charge in [0.25, 0.3) is 0 Å². The van der Waals surface area contributed by atoms with Crippen LogP contribution in [0.2, 0.25) is 0 Å². The van der Waals surface area contributed by atoms with Gasteiger partial charge in [0.15, 0.2) is 10.8 Å². The first-order chi connectivity index (χ1) is 16.2. The molecule has 2 aliphatic rings. The summed E-state index contributed by atoms with van der Waals surface area (Å²) < 4.78 is 46.4. The summed E-state index contributed by atoms with van der Waals surface area (Å²) in [5.74, 6) is -0.249. The van der Waals surface area contributed by atoms with E-state index in [9.17, 15) is 18.0 Å². The van der Waals surface area contributed by atoms with E-state index in [0.717, 1.165) is 50.5 Å². The Balaban J connectivity index is 1.37. The molecular weight excluding hydrogens is 553 g/mol. The van der Waals surface area contributed by atoms with E-state index in [-0.39, 0.29) is 16.4 Å². The van der Waals surface area contributed by atoms with Crippen molar-refractivity contribution < 1.29 is 22.7 Å². The SMILES string of the molecule is COC(=O)c1c(NC(=S)NCCCn2nc(C(F)(F)F)c(Br)c2C2CC2)sc2c1CCCCC2. The Bertz CT molecular complexity index is 1080. The van der Waals surface area contributed by atoms with E-state index < -0.39 is 11.9 Å². The van der Waals surface area contributed by atoms with Gasteiger partial charge in [-0.3, -0.25) is 4.68 Å². The summed E-state index contributed by atoms with van der Waals surface area (Å²) in [5, 5.41) is 11.1. The van der Waals surface area contributed by atoms with Gasteiger partial charge in [-0.1, -0.05) is 6.42 Å². The van der Waals surface area contributed by atoms with Crippen LogP contribution in [0, 0.1) is 0 Å². The van der Waals surface area contributed by atoms with Crippen LogP contribution in [0.15, 0.2) is 4.47 Å². The monoisotopic (exact) mass is 578 g/mol. The zero-order chi connectivity index (χ0) is 24.5. The van der Waals surface area contributed by atoms with Crippen molar-refractivity contribution in [3.8, 4) is 0 Å². The molecule has 0 bridgehead atoms. The molecule has 186 valence electrons. The van der Waals surface area contributed by atoms with Gasteiger partial charge in [0, 0.05) is 23.9 Å². The Labute approximate surface area is 213 Å². The number of alkyl halides is 3. The van der Waals surface area contributed by atoms with E-state index in [4.69, 9.17) is 17.0 Å². The Morgan fingerprint density at radius 2 is 2.03 bits per heavy atom. The maximum Gasteiger partial charge on any atom is 0.436 e. The van der Waals surface area contributed by atoms with Crippen molar-refractivity contribution in [1.82, 2.24) is 15.1 Å². The second-order valence-corrected chi connectivity index (χ2v) is 10.8. The molecule has 0 atom stereocenters. The Morgan fingerprint density at radius 3 is 2.71 bits per heavy atom. The van der Waals surface area contributed by atoms with Crippen LogP contribution in [0.25, 0.3) is 0 Å². The van der Waals surface area contributed by atoms with Gasteiger partial charge in [-0.25, -0.2) is 4.79 Å². The number of aryl methyl sites for hydroxylation is 2. The number of hydrogen-bond acceptors (Lipinski definition) is 5. The standard InChI is InChI=1S/C22H26BrF3N4O2S2/c1-32-20(31)15-13-6-3-2-4-7-14(13)34-19(15)28-21(33)27-10-5-11-30-17(12-8-9-12)16(23)18(29-30)22(24,25)26/h12H,2-11H2,1H3,(H2,27,28,33). The van der Waals surface area contributed by atoms with Gasteiger partial charge < -0.3 is 15.4 Å². The van der Waals surface area contributed by atoms with Crippen LogP contribution in [0.1, 0.15) is 76.6 Å². The van der Waals surface area contributed by atoms with E-state index in [1.54, 1.807) is 0 Å². The first-order valence-corrected chi connectivity index (χ1v) is 13.3. The third kappa shape index (κ3) is 5.59. The molecule has 0 aliphatic heterocycles. The number of fused-ring (bicyclic) bond motifs is 1. The fourth-order valence-electron chi connectivity index (χ4n) is 4.28. The number of nitrogens with zero attached hydrogens (tertiary/aromatic N) is 2. The van der Waals surface area contributed by atoms with Crippen molar-refractivity contribution in [3.63, 3.8) is 0 Å². The molecular formula is C22H26BrF3N4O2S2. The lowest BCUT2D eigenvalue weighted by Gasteiger charge is -2.12. The maximum absolute atomic E-state index is 13.3. The number of esters is 1. The number of carbonyl (C=O) groups is 1. The predicted octanol–water partition coefficient (Wildman–Crippen LogP) is 6.04. The van der Waals surface area contributed by atoms with Crippen molar-refractivity contribution in [2.75, 3.05) is 19.0 Å². The summed E-state index contributed by atoms with van der Waals surface area (Å²) in [7, 11) is 1.37. The first-order valence-electron chi connectivity index (χ1n) is 11.3. The summed E-state index contributed by atoms with van der Waals surface area (Å²) in [4.78, 5) is 13.7. The van der Waals surface area contributed by atoms with Gasteiger partial charge in [0.2, 0.25) is 0 Å². The number of aromatic nitrogens is 2. The number of thiocarbonyl (C=S) groups is 1. The molecule has 0 spiro atoms. The van der Waals surface area contributed by atoms with Crippen LogP contribution in [-0.2, 0) is 30.3 Å². The molecule has 2 aliphatic carbocycles. The molecule has 6 nitrogen and oxygen atoms in total. The van der Waals surface area contributed by atoms with Gasteiger partial charge in [-0.05, 0) is 78.7 Å². The lowest BCUT2D eigenvalue weighted by molar-refractivity contribution is -0.142. The van der Waals surface area contributed by atoms with Gasteiger partial charge in [-0.15, -0.1) is 11.3 Å². The zero-order valence-electron chi connectivity index (χ0n) is 18.7. The molecule has 2 aromatic rings. The summed E-state index contributed by atoms with van der Waals surface area (Å²) in [6, 6.07) is 0. The summed E-state index contributed by atoms with van der Waals surface area (Å²) in [6.07, 6.45) is 2.87. The van der Waals surface area contributed by atoms with E-state index in [2.05, 4.69) is 31.7 Å². The minimum Gasteiger partial charge on any atom is -0.465 e. The number of carbonyl (C=O) groups excluding carboxylic acids is 1. The number of methoxy groups -OCH3 is 1. The largest absolute Gasteiger partial charge is 0.465 e. The van der Waals surface area contributed by atoms with Crippen molar-refractivity contribution in [1.29, 1.82) is 0 Å². The van der Waals surface area contributed by atoms with Crippen molar-refractivity contribution >= 4 is 55.6 Å². The van der Waals surface area contributed by atoms with Crippen molar-refractivity contribution in [2.24, 2.45) is 0 Å². The number of thiophene rings is 1. The van der Waals surface area contributed by atoms with Crippen LogP contribution >= 0.6 is 39.5 Å². The lowest BCUT2D eigenvalue weighted by Crippen LogP contribution is -2.30. The second-order valence-electron chi connectivity index (χ2n) is 8.54. The molecule has 2 heterocycles. The second kappa shape index (κ2) is 10.5. The van der Waals surface area contributed by atoms with E-state index in [0.29, 0.717) is 40.9 Å². The molecule has 2 aromatic heterocycles. The van der Waals surface area contributed by atoms with Gasteiger partial charge in [0.1, 0.15) is 5.00 Å². The van der Waals surface area contributed by atoms with E-state index in [1.807, 2.05) is 0 Å². The molecule has 0 amide bonds. The van der Waals surface area contributed by atoms with Gasteiger partial charge in [-0.2, -0.15) is 18.3 Å². The number of nitrogens with one attached hydrogen (secondary N) is 2. The number of ether oxygens (including phenoxy) is 1. The highest BCUT2D eigenvalue weighted by molar-refractivity contribution is 9.10. The number of anilines is 1. The predicted molar refractivity (Wildman–Crippen MR) is 133 cm³/mol. The first kappa shape index (κ1) is 25.4. The minimum absolute atomic E-state index is 0.0560. The normalized spacial score (nSPS) is 16.0. The zero-order valence-corrected chi connectivity index (χ0v) is 21.9. The third-order valence-corrected chi connectivity index (χ3v) is 8.27. The van der Waals surface area contributed by atoms with Crippen molar-refractivity contribution in [3.05, 3.63) is 31.9 Å². The quantitative estimate of drug-likeness (QED) is 0.181.